The van der Waals surface area contributed by atoms with Crippen molar-refractivity contribution in [3.63, 3.8) is 0 Å². The van der Waals surface area contributed by atoms with Crippen molar-refractivity contribution in [2.24, 2.45) is 0 Å². The highest BCUT2D eigenvalue weighted by Crippen LogP contribution is 2.34. The lowest BCUT2D eigenvalue weighted by Gasteiger charge is -2.17. The summed E-state index contributed by atoms with van der Waals surface area (Å²) in [4.78, 5) is 25.1. The molecule has 3 aromatic rings. The Hall–Kier alpha value is -2.12. The number of aryl methyl sites for hydroxylation is 3. The van der Waals surface area contributed by atoms with E-state index in [4.69, 9.17) is 4.74 Å². The average molecular weight is 402 g/mol. The summed E-state index contributed by atoms with van der Waals surface area (Å²) >= 11 is 3.14. The third-order valence-corrected chi connectivity index (χ3v) is 6.49. The Morgan fingerprint density at radius 1 is 1.19 bits per heavy atom. The van der Waals surface area contributed by atoms with E-state index < -0.39 is 0 Å². The molecule has 0 N–H and O–H groups in total. The maximum atomic E-state index is 12.4. The number of carbonyl (C=O) groups is 1. The standard InChI is InChI=1S/C20H23N3O2S2/c1-13-5-7-16(8-6-13)25-10-9-23(4)17(24)11-26-19-18-14(2)15(3)27-20(18)22-12-21-19/h5-8,12H,9-11H2,1-4H3. The first-order valence-corrected chi connectivity index (χ1v) is 10.5. The number of rotatable bonds is 7. The average Bonchev–Trinajstić information content (AvgIpc) is 2.96. The summed E-state index contributed by atoms with van der Waals surface area (Å²) in [5, 5.41) is 1.95. The van der Waals surface area contributed by atoms with Gasteiger partial charge in [0, 0.05) is 17.3 Å². The van der Waals surface area contributed by atoms with Crippen molar-refractivity contribution >= 4 is 39.2 Å². The smallest absolute Gasteiger partial charge is 0.232 e. The predicted molar refractivity (Wildman–Crippen MR) is 112 cm³/mol. The zero-order valence-electron chi connectivity index (χ0n) is 16.0. The zero-order chi connectivity index (χ0) is 19.4. The number of likely N-dealkylation sites (N-methyl/N-ethyl adjacent to an activating group) is 1. The summed E-state index contributed by atoms with van der Waals surface area (Å²) < 4.78 is 5.70. The minimum Gasteiger partial charge on any atom is -0.492 e. The molecule has 2 heterocycles. The van der Waals surface area contributed by atoms with Crippen LogP contribution in [0.1, 0.15) is 16.0 Å². The monoisotopic (exact) mass is 401 g/mol. The van der Waals surface area contributed by atoms with E-state index in [1.54, 1.807) is 29.6 Å². The van der Waals surface area contributed by atoms with Crippen LogP contribution in [0.15, 0.2) is 35.6 Å². The Morgan fingerprint density at radius 2 is 1.93 bits per heavy atom. The topological polar surface area (TPSA) is 55.3 Å². The molecule has 5 nitrogen and oxygen atoms in total. The number of ether oxygens (including phenoxy) is 1. The molecule has 1 amide bonds. The second-order valence-electron chi connectivity index (χ2n) is 6.41. The van der Waals surface area contributed by atoms with E-state index in [0.29, 0.717) is 18.9 Å². The number of amides is 1. The molecule has 0 saturated heterocycles. The maximum absolute atomic E-state index is 12.4. The molecule has 1 aromatic carbocycles. The summed E-state index contributed by atoms with van der Waals surface area (Å²) in [7, 11) is 1.80. The summed E-state index contributed by atoms with van der Waals surface area (Å²) in [6.45, 7) is 7.22. The Labute approximate surface area is 167 Å². The number of nitrogens with zero attached hydrogens (tertiary/aromatic N) is 3. The van der Waals surface area contributed by atoms with Crippen molar-refractivity contribution in [2.75, 3.05) is 26.0 Å². The van der Waals surface area contributed by atoms with Gasteiger partial charge in [-0.3, -0.25) is 4.79 Å². The van der Waals surface area contributed by atoms with Crippen LogP contribution in [0.4, 0.5) is 0 Å². The van der Waals surface area contributed by atoms with Crippen LogP contribution in [0.3, 0.4) is 0 Å². The highest BCUT2D eigenvalue weighted by Gasteiger charge is 2.15. The molecular formula is C20H23N3O2S2. The minimum atomic E-state index is 0.0591. The van der Waals surface area contributed by atoms with Crippen LogP contribution in [0.25, 0.3) is 10.2 Å². The van der Waals surface area contributed by atoms with E-state index in [-0.39, 0.29) is 5.91 Å². The lowest BCUT2D eigenvalue weighted by atomic mass is 10.2. The normalized spacial score (nSPS) is 11.0. The molecule has 27 heavy (non-hydrogen) atoms. The quantitative estimate of drug-likeness (QED) is 0.438. The molecular weight excluding hydrogens is 378 g/mol. The molecule has 0 unspecified atom stereocenters. The van der Waals surface area contributed by atoms with Gasteiger partial charge in [-0.25, -0.2) is 9.97 Å². The molecule has 0 aliphatic carbocycles. The molecule has 0 aliphatic rings. The van der Waals surface area contributed by atoms with Crippen LogP contribution >= 0.6 is 23.1 Å². The summed E-state index contributed by atoms with van der Waals surface area (Å²) in [6.07, 6.45) is 1.57. The molecule has 0 spiro atoms. The van der Waals surface area contributed by atoms with Crippen molar-refractivity contribution in [1.82, 2.24) is 14.9 Å². The van der Waals surface area contributed by atoms with Crippen molar-refractivity contribution in [3.8, 4) is 5.75 Å². The van der Waals surface area contributed by atoms with E-state index in [1.165, 1.54) is 27.8 Å². The van der Waals surface area contributed by atoms with Gasteiger partial charge in [-0.2, -0.15) is 0 Å². The number of hydrogen-bond donors (Lipinski definition) is 0. The fraction of sp³-hybridized carbons (Fsp3) is 0.350. The number of thioether (sulfide) groups is 1. The second kappa shape index (κ2) is 8.71. The number of hydrogen-bond acceptors (Lipinski definition) is 6. The number of thiophene rings is 1. The van der Waals surface area contributed by atoms with E-state index in [9.17, 15) is 4.79 Å². The van der Waals surface area contributed by atoms with Gasteiger partial charge in [0.25, 0.3) is 0 Å². The Bertz CT molecular complexity index is 938. The molecule has 0 atom stereocenters. The van der Waals surface area contributed by atoms with Crippen LogP contribution in [0, 0.1) is 20.8 Å². The van der Waals surface area contributed by atoms with Crippen LogP contribution in [0.5, 0.6) is 5.75 Å². The van der Waals surface area contributed by atoms with Gasteiger partial charge >= 0.3 is 0 Å². The molecule has 7 heteroatoms. The van der Waals surface area contributed by atoms with Gasteiger partial charge in [0.15, 0.2) is 0 Å². The molecule has 142 valence electrons. The third-order valence-electron chi connectivity index (χ3n) is 4.41. The molecule has 0 radical (unpaired) electrons. The lowest BCUT2D eigenvalue weighted by molar-refractivity contribution is -0.127. The van der Waals surface area contributed by atoms with Gasteiger partial charge in [0.2, 0.25) is 5.91 Å². The van der Waals surface area contributed by atoms with Crippen LogP contribution < -0.4 is 4.74 Å². The summed E-state index contributed by atoms with van der Waals surface area (Å²) in [5.74, 6) is 1.23. The first-order valence-electron chi connectivity index (χ1n) is 8.72. The largest absolute Gasteiger partial charge is 0.492 e. The van der Waals surface area contributed by atoms with E-state index in [1.807, 2.05) is 31.2 Å². The van der Waals surface area contributed by atoms with Crippen LogP contribution in [0.2, 0.25) is 0 Å². The zero-order valence-corrected chi connectivity index (χ0v) is 17.6. The minimum absolute atomic E-state index is 0.0591. The third kappa shape index (κ3) is 4.78. The van der Waals surface area contributed by atoms with Gasteiger partial charge < -0.3 is 9.64 Å². The van der Waals surface area contributed by atoms with Crippen molar-refractivity contribution in [1.29, 1.82) is 0 Å². The van der Waals surface area contributed by atoms with Crippen molar-refractivity contribution < 1.29 is 9.53 Å². The highest BCUT2D eigenvalue weighted by atomic mass is 32.2. The Balaban J connectivity index is 1.52. The van der Waals surface area contributed by atoms with Crippen molar-refractivity contribution in [2.45, 2.75) is 25.8 Å². The Morgan fingerprint density at radius 3 is 2.67 bits per heavy atom. The second-order valence-corrected chi connectivity index (χ2v) is 8.57. The number of benzene rings is 1. The highest BCUT2D eigenvalue weighted by molar-refractivity contribution is 8.00. The number of carbonyl (C=O) groups excluding carboxylic acids is 1. The van der Waals surface area contributed by atoms with E-state index >= 15 is 0 Å². The molecule has 0 aliphatic heterocycles. The first-order chi connectivity index (χ1) is 13.0. The predicted octanol–water partition coefficient (Wildman–Crippen LogP) is 4.25. The van der Waals surface area contributed by atoms with Crippen molar-refractivity contribution in [3.05, 3.63) is 46.6 Å². The van der Waals surface area contributed by atoms with Gasteiger partial charge in [-0.1, -0.05) is 29.5 Å². The fourth-order valence-electron chi connectivity index (χ4n) is 2.56. The molecule has 3 rings (SSSR count). The van der Waals surface area contributed by atoms with E-state index in [0.717, 1.165) is 21.0 Å². The summed E-state index contributed by atoms with van der Waals surface area (Å²) in [6, 6.07) is 7.91. The lowest BCUT2D eigenvalue weighted by Crippen LogP contribution is -2.32. The maximum Gasteiger partial charge on any atom is 0.232 e. The van der Waals surface area contributed by atoms with Gasteiger partial charge in [-0.15, -0.1) is 11.3 Å². The van der Waals surface area contributed by atoms with Gasteiger partial charge in [0.05, 0.1) is 12.3 Å². The molecule has 2 aromatic heterocycles. The van der Waals surface area contributed by atoms with Crippen LogP contribution in [-0.4, -0.2) is 46.7 Å². The first kappa shape index (κ1) is 19.6. The van der Waals surface area contributed by atoms with Gasteiger partial charge in [-0.05, 0) is 38.5 Å². The number of fused-ring (bicyclic) bond motifs is 1. The van der Waals surface area contributed by atoms with Crippen LogP contribution in [-0.2, 0) is 4.79 Å². The molecule has 0 saturated carbocycles. The molecule has 0 fully saturated rings. The fourth-order valence-corrected chi connectivity index (χ4v) is 4.62. The molecule has 0 bridgehead atoms. The Kier molecular flexibility index (Phi) is 6.34. The number of aromatic nitrogens is 2. The van der Waals surface area contributed by atoms with Gasteiger partial charge in [0.1, 0.15) is 28.5 Å². The summed E-state index contributed by atoms with van der Waals surface area (Å²) in [5.41, 5.74) is 2.40. The SMILES string of the molecule is Cc1ccc(OCCN(C)C(=O)CSc2ncnc3sc(C)c(C)c23)cc1. The van der Waals surface area contributed by atoms with E-state index in [2.05, 4.69) is 23.8 Å².